The largest absolute Gasteiger partial charge is 0.438 e. The Morgan fingerprint density at radius 3 is 2.33 bits per heavy atom. The Bertz CT molecular complexity index is 1690. The van der Waals surface area contributed by atoms with Crippen LogP contribution in [-0.4, -0.2) is 16.0 Å². The van der Waals surface area contributed by atoms with E-state index in [4.69, 9.17) is 17.3 Å². The van der Waals surface area contributed by atoms with Gasteiger partial charge in [0.1, 0.15) is 9.71 Å². The van der Waals surface area contributed by atoms with E-state index in [9.17, 15) is 22.8 Å². The fraction of sp³-hybridized carbons (Fsp3) is 0.0833. The number of fused-ring (bicyclic) bond motifs is 1. The lowest BCUT2D eigenvalue weighted by Crippen LogP contribution is -2.39. The van der Waals surface area contributed by atoms with Crippen molar-refractivity contribution in [2.45, 2.75) is 6.18 Å². The molecule has 0 saturated heterocycles. The van der Waals surface area contributed by atoms with Gasteiger partial charge in [-0.3, -0.25) is 9.32 Å². The number of hydrogen-bond donors (Lipinski definition) is 2. The first kappa shape index (κ1) is 23.8. The molecule has 0 spiro atoms. The molecule has 0 bridgehead atoms. The van der Waals surface area contributed by atoms with Gasteiger partial charge in [-0.05, 0) is 46.7 Å². The fourth-order valence-electron chi connectivity index (χ4n) is 3.82. The molecule has 0 fully saturated rings. The lowest BCUT2D eigenvalue weighted by atomic mass is 9.98. The number of aryl methyl sites for hydroxylation is 1. The number of benzene rings is 2. The summed E-state index contributed by atoms with van der Waals surface area (Å²) in [5.74, 6) is -0.667. The molecule has 3 N–H and O–H groups in total. The van der Waals surface area contributed by atoms with Crippen molar-refractivity contribution < 1.29 is 27.2 Å². The standard InChI is InChI=1S/C24H14ClF3N4O3S/c1-32-19(23(34)35-31-32)20(33)21-18(29)17-15(11-2-6-13(7-3-11)24(26,27)28)10-16(30-22(17)36-21)12-4-8-14(25)9-5-12/h2-10H,1H3,(H2-,29,31,33,34)/p+1. The normalized spacial score (nSPS) is 11.8. The number of hydrogen-bond acceptors (Lipinski definition) is 6. The fourth-order valence-corrected chi connectivity index (χ4v) is 5.00. The van der Waals surface area contributed by atoms with Crippen molar-refractivity contribution in [2.24, 2.45) is 7.05 Å². The second-order valence-electron chi connectivity index (χ2n) is 7.88. The van der Waals surface area contributed by atoms with Gasteiger partial charge in [0.25, 0.3) is 5.78 Å². The van der Waals surface area contributed by atoms with Crippen LogP contribution in [0.25, 0.3) is 32.6 Å². The van der Waals surface area contributed by atoms with Crippen LogP contribution in [0.15, 0.2) is 63.9 Å². The van der Waals surface area contributed by atoms with Crippen molar-refractivity contribution in [3.63, 3.8) is 0 Å². The molecule has 0 unspecified atom stereocenters. The van der Waals surface area contributed by atoms with Crippen LogP contribution in [0.1, 0.15) is 20.9 Å². The highest BCUT2D eigenvalue weighted by molar-refractivity contribution is 7.21. The third-order valence-corrected chi connectivity index (χ3v) is 6.94. The van der Waals surface area contributed by atoms with Crippen LogP contribution >= 0.6 is 22.9 Å². The molecule has 0 aliphatic rings. The zero-order valence-corrected chi connectivity index (χ0v) is 19.9. The van der Waals surface area contributed by atoms with Gasteiger partial charge in [-0.15, -0.1) is 11.3 Å². The van der Waals surface area contributed by atoms with Crippen LogP contribution in [-0.2, 0) is 13.2 Å². The number of carbonyl (C=O) groups excluding carboxylic acids is 1. The van der Waals surface area contributed by atoms with E-state index in [2.05, 4.69) is 14.8 Å². The Morgan fingerprint density at radius 1 is 1.11 bits per heavy atom. The smallest absolute Gasteiger partial charge is 0.397 e. The van der Waals surface area contributed by atoms with Crippen molar-refractivity contribution >= 4 is 44.6 Å². The van der Waals surface area contributed by atoms with Gasteiger partial charge >= 0.3 is 17.5 Å². The number of rotatable bonds is 4. The van der Waals surface area contributed by atoms with Crippen LogP contribution in [0.2, 0.25) is 5.02 Å². The summed E-state index contributed by atoms with van der Waals surface area (Å²) in [6, 6.07) is 13.2. The van der Waals surface area contributed by atoms with E-state index in [0.717, 1.165) is 28.2 Å². The topological polar surface area (TPSA) is 106 Å². The molecule has 36 heavy (non-hydrogen) atoms. The van der Waals surface area contributed by atoms with Crippen molar-refractivity contribution in [3.05, 3.63) is 86.2 Å². The molecule has 3 aromatic heterocycles. The summed E-state index contributed by atoms with van der Waals surface area (Å²) in [6.07, 6.45) is -4.49. The first-order chi connectivity index (χ1) is 17.0. The average Bonchev–Trinajstić information content (AvgIpc) is 3.36. The molecule has 0 radical (unpaired) electrons. The van der Waals surface area contributed by atoms with Crippen molar-refractivity contribution in [1.82, 2.24) is 10.3 Å². The molecule has 5 rings (SSSR count). The van der Waals surface area contributed by atoms with Crippen LogP contribution in [0.3, 0.4) is 0 Å². The Morgan fingerprint density at radius 2 is 1.75 bits per heavy atom. The maximum atomic E-state index is 13.2. The summed E-state index contributed by atoms with van der Waals surface area (Å²) < 4.78 is 45.2. The third-order valence-electron chi connectivity index (χ3n) is 5.59. The molecule has 0 amide bonds. The van der Waals surface area contributed by atoms with E-state index >= 15 is 0 Å². The highest BCUT2D eigenvalue weighted by Gasteiger charge is 2.33. The molecule has 0 aliphatic carbocycles. The van der Waals surface area contributed by atoms with E-state index in [1.54, 1.807) is 30.3 Å². The monoisotopic (exact) mass is 531 g/mol. The molecule has 12 heteroatoms. The van der Waals surface area contributed by atoms with Crippen molar-refractivity contribution in [1.29, 1.82) is 0 Å². The van der Waals surface area contributed by atoms with Crippen molar-refractivity contribution in [3.8, 4) is 22.4 Å². The van der Waals surface area contributed by atoms with E-state index in [-0.39, 0.29) is 16.3 Å². The average molecular weight is 532 g/mol. The van der Waals surface area contributed by atoms with Gasteiger partial charge in [0.15, 0.2) is 7.05 Å². The summed E-state index contributed by atoms with van der Waals surface area (Å²) >= 11 is 6.98. The minimum Gasteiger partial charge on any atom is -0.397 e. The number of nitrogens with zero attached hydrogens (tertiary/aromatic N) is 2. The lowest BCUT2D eigenvalue weighted by Gasteiger charge is -2.11. The zero-order chi connectivity index (χ0) is 25.8. The number of halogens is 4. The molecule has 5 aromatic rings. The first-order valence-corrected chi connectivity index (χ1v) is 11.5. The minimum atomic E-state index is -4.49. The molecule has 2 aromatic carbocycles. The summed E-state index contributed by atoms with van der Waals surface area (Å²) in [7, 11) is 1.44. The van der Waals surface area contributed by atoms with Gasteiger partial charge in [0.05, 0.1) is 16.9 Å². The Hall–Kier alpha value is -3.96. The Labute approximate surface area is 209 Å². The summed E-state index contributed by atoms with van der Waals surface area (Å²) in [4.78, 5) is 30.3. The van der Waals surface area contributed by atoms with Gasteiger partial charge in [-0.25, -0.2) is 9.78 Å². The maximum absolute atomic E-state index is 13.2. The Kier molecular flexibility index (Phi) is 5.68. The third kappa shape index (κ3) is 4.06. The number of nitrogens with two attached hydrogens (primary N) is 1. The van der Waals surface area contributed by atoms with Crippen LogP contribution in [0, 0.1) is 0 Å². The van der Waals surface area contributed by atoms with Crippen LogP contribution < -0.4 is 16.0 Å². The van der Waals surface area contributed by atoms with Gasteiger partial charge in [-0.2, -0.15) is 13.2 Å². The zero-order valence-electron chi connectivity index (χ0n) is 18.3. The van der Waals surface area contributed by atoms with Gasteiger partial charge in [0.2, 0.25) is 0 Å². The van der Waals surface area contributed by atoms with Crippen LogP contribution in [0.5, 0.6) is 0 Å². The number of pyridine rings is 1. The minimum absolute atomic E-state index is 0.0569. The molecule has 0 aliphatic heterocycles. The number of carbonyl (C=O) groups is 1. The van der Waals surface area contributed by atoms with Crippen LogP contribution in [0.4, 0.5) is 18.9 Å². The number of H-pyrrole nitrogens is 1. The predicted molar refractivity (Wildman–Crippen MR) is 129 cm³/mol. The molecular formula is C24H15ClF3N4O3S+. The van der Waals surface area contributed by atoms with E-state index < -0.39 is 23.1 Å². The highest BCUT2D eigenvalue weighted by Crippen LogP contribution is 2.42. The summed E-state index contributed by atoms with van der Waals surface area (Å²) in [6.45, 7) is 0. The number of aromatic amines is 1. The molecule has 7 nitrogen and oxygen atoms in total. The summed E-state index contributed by atoms with van der Waals surface area (Å²) in [5.41, 5.74) is 6.66. The molecular weight excluding hydrogens is 517 g/mol. The van der Waals surface area contributed by atoms with Gasteiger partial charge in [-0.1, -0.05) is 40.5 Å². The number of ketones is 1. The van der Waals surface area contributed by atoms with E-state index in [1.165, 1.54) is 19.2 Å². The predicted octanol–water partition coefficient (Wildman–Crippen LogP) is 5.22. The number of alkyl halides is 3. The highest BCUT2D eigenvalue weighted by atomic mass is 35.5. The van der Waals surface area contributed by atoms with Gasteiger partial charge < -0.3 is 5.73 Å². The Balaban J connectivity index is 1.76. The molecule has 3 heterocycles. The van der Waals surface area contributed by atoms with Gasteiger partial charge in [0, 0.05) is 16.0 Å². The first-order valence-electron chi connectivity index (χ1n) is 10.3. The number of nitrogen functional groups attached to an aromatic ring is 1. The quantitative estimate of drug-likeness (QED) is 0.244. The lowest BCUT2D eigenvalue weighted by molar-refractivity contribution is -0.741. The second-order valence-corrected chi connectivity index (χ2v) is 9.32. The second kappa shape index (κ2) is 8.61. The molecule has 0 saturated carbocycles. The maximum Gasteiger partial charge on any atom is 0.438 e. The van der Waals surface area contributed by atoms with Crippen molar-refractivity contribution in [2.75, 3.05) is 5.73 Å². The van der Waals surface area contributed by atoms with E-state index in [0.29, 0.717) is 37.6 Å². The molecule has 0 atom stereocenters. The summed E-state index contributed by atoms with van der Waals surface area (Å²) in [5, 5.41) is 3.20. The number of aromatic nitrogens is 3. The number of thiophene rings is 1. The van der Waals surface area contributed by atoms with E-state index in [1.807, 2.05) is 0 Å². The SMILES string of the molecule is C[n+]1[nH]oc(=O)c1C(=O)c1sc2nc(-c3ccc(Cl)cc3)cc(-c3ccc(C(F)(F)F)cc3)c2c1N. The number of anilines is 1. The molecule has 182 valence electrons. The number of nitrogens with one attached hydrogen (secondary N) is 1.